The summed E-state index contributed by atoms with van der Waals surface area (Å²) < 4.78 is 42.0. The topological polar surface area (TPSA) is 92.9 Å². The van der Waals surface area contributed by atoms with Crippen molar-refractivity contribution in [3.05, 3.63) is 46.2 Å². The molecule has 0 aromatic carbocycles. The van der Waals surface area contributed by atoms with E-state index in [0.29, 0.717) is 23.9 Å². The van der Waals surface area contributed by atoms with Crippen LogP contribution in [0.3, 0.4) is 0 Å². The predicted octanol–water partition coefficient (Wildman–Crippen LogP) is 3.44. The van der Waals surface area contributed by atoms with E-state index in [1.807, 2.05) is 11.5 Å². The summed E-state index contributed by atoms with van der Waals surface area (Å²) in [4.78, 5) is 27.2. The largest absolute Gasteiger partial charge is 0.492 e. The molecule has 2 N–H and O–H groups in total. The fraction of sp³-hybridized carbons (Fsp3) is 0.278. The smallest absolute Gasteiger partial charge is 0.471 e. The van der Waals surface area contributed by atoms with Gasteiger partial charge in [0.25, 0.3) is 5.82 Å². The van der Waals surface area contributed by atoms with Crippen LogP contribution in [-0.4, -0.2) is 47.6 Å². The van der Waals surface area contributed by atoms with E-state index in [-0.39, 0.29) is 25.4 Å². The van der Waals surface area contributed by atoms with Gasteiger partial charge < -0.3 is 20.2 Å². The molecule has 0 saturated carbocycles. The van der Waals surface area contributed by atoms with E-state index in [4.69, 9.17) is 11.3 Å². The van der Waals surface area contributed by atoms with Crippen molar-refractivity contribution in [1.29, 1.82) is 0 Å². The molecule has 3 rings (SSSR count). The molecule has 1 amide bonds. The number of ether oxygens (including phenoxy) is 1. The summed E-state index contributed by atoms with van der Waals surface area (Å²) in [6.45, 7) is 7.32. The summed E-state index contributed by atoms with van der Waals surface area (Å²) in [5, 5.41) is 6.66. The van der Waals surface area contributed by atoms with E-state index in [1.54, 1.807) is 11.4 Å². The maximum absolute atomic E-state index is 12.1. The zero-order chi connectivity index (χ0) is 21.6. The number of carbonyl (C=O) groups excluding carboxylic acids is 1. The highest BCUT2D eigenvalue weighted by atomic mass is 32.1. The van der Waals surface area contributed by atoms with Gasteiger partial charge in [0.05, 0.1) is 24.2 Å². The minimum Gasteiger partial charge on any atom is -0.492 e. The molecular formula is C18H15F3N6O2S. The second kappa shape index (κ2) is 9.36. The third-order valence-electron chi connectivity index (χ3n) is 3.78. The van der Waals surface area contributed by atoms with Crippen molar-refractivity contribution >= 4 is 40.3 Å². The van der Waals surface area contributed by atoms with E-state index >= 15 is 0 Å². The van der Waals surface area contributed by atoms with Crippen LogP contribution in [0.4, 0.5) is 24.8 Å². The molecule has 0 bridgehead atoms. The molecule has 0 fully saturated rings. The third kappa shape index (κ3) is 5.54. The lowest BCUT2D eigenvalue weighted by Gasteiger charge is -2.09. The average Bonchev–Trinajstić information content (AvgIpc) is 3.36. The van der Waals surface area contributed by atoms with Gasteiger partial charge in [0, 0.05) is 6.54 Å². The number of aromatic nitrogens is 2. The molecule has 1 aliphatic heterocycles. The van der Waals surface area contributed by atoms with Gasteiger partial charge in [0.15, 0.2) is 12.0 Å². The number of alkyl halides is 3. The molecule has 0 unspecified atom stereocenters. The lowest BCUT2D eigenvalue weighted by molar-refractivity contribution is -0.173. The van der Waals surface area contributed by atoms with Gasteiger partial charge in [-0.2, -0.15) is 13.2 Å². The molecular weight excluding hydrogens is 421 g/mol. The van der Waals surface area contributed by atoms with Crippen molar-refractivity contribution in [1.82, 2.24) is 15.3 Å². The Morgan fingerprint density at radius 1 is 1.33 bits per heavy atom. The first-order valence-corrected chi connectivity index (χ1v) is 9.52. The van der Waals surface area contributed by atoms with Crippen molar-refractivity contribution in [2.24, 2.45) is 4.99 Å². The van der Waals surface area contributed by atoms with E-state index in [9.17, 15) is 18.0 Å². The van der Waals surface area contributed by atoms with Crippen molar-refractivity contribution < 1.29 is 22.7 Å². The number of amides is 1. The standard InChI is InChI=1S/C18H15F3N6O2S/c1-22-14-9-26-15(10-25-14)27-13-7-11(8-24-13)16-12(3-6-30-16)29-5-2-4-23-17(28)18(19,20)21/h3,6-7,9-10H,2,4-5,8H2,(H,23,28)(H,24,26,27). The molecule has 3 heterocycles. The second-order valence-electron chi connectivity index (χ2n) is 5.94. The van der Waals surface area contributed by atoms with Gasteiger partial charge in [-0.3, -0.25) is 9.79 Å². The Labute approximate surface area is 173 Å². The number of thiophene rings is 1. The van der Waals surface area contributed by atoms with Crippen LogP contribution in [0.2, 0.25) is 0 Å². The van der Waals surface area contributed by atoms with E-state index in [0.717, 1.165) is 10.5 Å². The Hall–Kier alpha value is -3.46. The maximum Gasteiger partial charge on any atom is 0.471 e. The highest BCUT2D eigenvalue weighted by Crippen LogP contribution is 2.34. The monoisotopic (exact) mass is 436 g/mol. The molecule has 0 atom stereocenters. The molecule has 156 valence electrons. The summed E-state index contributed by atoms with van der Waals surface area (Å²) in [5.41, 5.74) is 0.915. The van der Waals surface area contributed by atoms with Gasteiger partial charge in [0.1, 0.15) is 11.6 Å². The van der Waals surface area contributed by atoms with Crippen molar-refractivity contribution in [3.63, 3.8) is 0 Å². The SMILES string of the molecule is [C-]#[N+]c1cnc(NC2=NCC(c3sccc3OCCCNC(=O)C(F)(F)F)=C2)cn1. The molecule has 30 heavy (non-hydrogen) atoms. The zero-order valence-electron chi connectivity index (χ0n) is 15.4. The number of anilines is 1. The third-order valence-corrected chi connectivity index (χ3v) is 4.75. The molecule has 0 saturated heterocycles. The quantitative estimate of drug-likeness (QED) is 0.512. The van der Waals surface area contributed by atoms with Gasteiger partial charge in [-0.1, -0.05) is 6.57 Å². The molecule has 0 aliphatic carbocycles. The summed E-state index contributed by atoms with van der Waals surface area (Å²) in [7, 11) is 0. The molecule has 1 aliphatic rings. The first-order chi connectivity index (χ1) is 14.4. The summed E-state index contributed by atoms with van der Waals surface area (Å²) >= 11 is 1.46. The zero-order valence-corrected chi connectivity index (χ0v) is 16.2. The second-order valence-corrected chi connectivity index (χ2v) is 6.85. The summed E-state index contributed by atoms with van der Waals surface area (Å²) in [6.07, 6.45) is -0.00508. The van der Waals surface area contributed by atoms with Crippen LogP contribution < -0.4 is 15.4 Å². The molecule has 0 spiro atoms. The van der Waals surface area contributed by atoms with Crippen LogP contribution in [0.15, 0.2) is 34.9 Å². The lowest BCUT2D eigenvalue weighted by Crippen LogP contribution is -2.37. The van der Waals surface area contributed by atoms with Crippen molar-refractivity contribution in [2.45, 2.75) is 12.6 Å². The highest BCUT2D eigenvalue weighted by Gasteiger charge is 2.38. The first-order valence-electron chi connectivity index (χ1n) is 8.64. The number of amidine groups is 1. The van der Waals surface area contributed by atoms with E-state index < -0.39 is 12.1 Å². The predicted molar refractivity (Wildman–Crippen MR) is 106 cm³/mol. The number of nitrogens with one attached hydrogen (secondary N) is 2. The highest BCUT2D eigenvalue weighted by molar-refractivity contribution is 7.11. The summed E-state index contributed by atoms with van der Waals surface area (Å²) in [5.74, 6) is -0.110. The van der Waals surface area contributed by atoms with Gasteiger partial charge in [-0.25, -0.2) is 4.98 Å². The number of halogens is 3. The fourth-order valence-electron chi connectivity index (χ4n) is 2.42. The normalized spacial score (nSPS) is 13.3. The number of aliphatic imine (C=N–C) groups is 1. The van der Waals surface area contributed by atoms with Gasteiger partial charge in [-0.15, -0.1) is 16.3 Å². The van der Waals surface area contributed by atoms with Gasteiger partial charge in [0.2, 0.25) is 0 Å². The van der Waals surface area contributed by atoms with Crippen LogP contribution in [0, 0.1) is 6.57 Å². The van der Waals surface area contributed by atoms with Crippen LogP contribution in [0.1, 0.15) is 11.3 Å². The summed E-state index contributed by atoms with van der Waals surface area (Å²) in [6, 6.07) is 1.77. The lowest BCUT2D eigenvalue weighted by atomic mass is 10.2. The average molecular weight is 436 g/mol. The fourth-order valence-corrected chi connectivity index (χ4v) is 3.26. The first kappa shape index (κ1) is 21.3. The Kier molecular flexibility index (Phi) is 6.63. The Bertz CT molecular complexity index is 1010. The number of hydrogen-bond acceptors (Lipinski definition) is 7. The Morgan fingerprint density at radius 2 is 2.17 bits per heavy atom. The number of rotatable bonds is 7. The molecule has 8 nitrogen and oxygen atoms in total. The minimum atomic E-state index is -4.88. The van der Waals surface area contributed by atoms with Gasteiger partial charge in [-0.05, 0) is 29.5 Å². The van der Waals surface area contributed by atoms with Crippen LogP contribution in [-0.2, 0) is 4.79 Å². The number of nitrogens with zero attached hydrogens (tertiary/aromatic N) is 4. The molecule has 2 aromatic heterocycles. The molecule has 0 radical (unpaired) electrons. The van der Waals surface area contributed by atoms with Crippen molar-refractivity contribution in [3.8, 4) is 5.75 Å². The Morgan fingerprint density at radius 3 is 2.87 bits per heavy atom. The number of carbonyl (C=O) groups is 1. The molecule has 12 heteroatoms. The minimum absolute atomic E-state index is 0.134. The Balaban J connectivity index is 1.51. The maximum atomic E-state index is 12.1. The van der Waals surface area contributed by atoms with Crippen LogP contribution >= 0.6 is 11.3 Å². The van der Waals surface area contributed by atoms with E-state index in [1.165, 1.54) is 23.7 Å². The van der Waals surface area contributed by atoms with Crippen molar-refractivity contribution in [2.75, 3.05) is 25.0 Å². The van der Waals surface area contributed by atoms with Gasteiger partial charge >= 0.3 is 12.1 Å². The van der Waals surface area contributed by atoms with E-state index in [2.05, 4.69) is 25.1 Å². The molecule has 2 aromatic rings. The number of hydrogen-bond donors (Lipinski definition) is 2. The van der Waals surface area contributed by atoms with Crippen LogP contribution in [0.25, 0.3) is 10.4 Å². The van der Waals surface area contributed by atoms with Crippen LogP contribution in [0.5, 0.6) is 5.75 Å².